The number of hydrogen-bond donors (Lipinski definition) is 1. The second-order valence-electron chi connectivity index (χ2n) is 6.55. The number of anilines is 2. The van der Waals surface area contributed by atoms with Crippen LogP contribution in [0.2, 0.25) is 0 Å². The fraction of sp³-hybridized carbons (Fsp3) is 0.263. The minimum atomic E-state index is -3.67. The summed E-state index contributed by atoms with van der Waals surface area (Å²) >= 11 is 2.23. The predicted octanol–water partition coefficient (Wildman–Crippen LogP) is 2.98. The lowest BCUT2D eigenvalue weighted by Gasteiger charge is -2.35. The highest BCUT2D eigenvalue weighted by Gasteiger charge is 2.25. The van der Waals surface area contributed by atoms with Gasteiger partial charge in [-0.1, -0.05) is 6.07 Å². The van der Waals surface area contributed by atoms with E-state index in [0.717, 1.165) is 34.1 Å². The molecular formula is C19H20N4O4S3. The van der Waals surface area contributed by atoms with Gasteiger partial charge in [-0.25, -0.2) is 13.4 Å². The molecule has 0 radical (unpaired) electrons. The highest BCUT2D eigenvalue weighted by atomic mass is 32.2. The SMILES string of the molecule is COc1ccc(N2CCN(C(=O)c3csc(NS(=O)(=O)c4cccs4)n3)CC2)cc1. The van der Waals surface area contributed by atoms with Gasteiger partial charge in [-0.2, -0.15) is 0 Å². The van der Waals surface area contributed by atoms with Gasteiger partial charge in [0, 0.05) is 37.2 Å². The predicted molar refractivity (Wildman–Crippen MR) is 118 cm³/mol. The Bertz CT molecular complexity index is 1100. The third-order valence-electron chi connectivity index (χ3n) is 4.71. The van der Waals surface area contributed by atoms with Crippen LogP contribution in [0.4, 0.5) is 10.8 Å². The Morgan fingerprint density at radius 1 is 1.10 bits per heavy atom. The van der Waals surface area contributed by atoms with E-state index in [1.165, 1.54) is 6.07 Å². The summed E-state index contributed by atoms with van der Waals surface area (Å²) in [7, 11) is -2.04. The number of benzene rings is 1. The molecule has 1 aliphatic heterocycles. The molecule has 0 atom stereocenters. The van der Waals surface area contributed by atoms with E-state index in [-0.39, 0.29) is 20.9 Å². The lowest BCUT2D eigenvalue weighted by atomic mass is 10.2. The molecule has 1 amide bonds. The zero-order valence-electron chi connectivity index (χ0n) is 16.1. The molecular weight excluding hydrogens is 444 g/mol. The number of aromatic nitrogens is 1. The molecule has 1 aromatic carbocycles. The van der Waals surface area contributed by atoms with Crippen LogP contribution >= 0.6 is 22.7 Å². The molecule has 0 aliphatic carbocycles. The molecule has 1 aliphatic rings. The lowest BCUT2D eigenvalue weighted by molar-refractivity contribution is 0.0742. The Balaban J connectivity index is 1.36. The van der Waals surface area contributed by atoms with Crippen molar-refractivity contribution < 1.29 is 17.9 Å². The minimum absolute atomic E-state index is 0.184. The average molecular weight is 465 g/mol. The number of rotatable bonds is 6. The van der Waals surface area contributed by atoms with Crippen LogP contribution in [0.1, 0.15) is 10.5 Å². The number of amides is 1. The molecule has 1 N–H and O–H groups in total. The van der Waals surface area contributed by atoms with Crippen LogP contribution in [0.3, 0.4) is 0 Å². The van der Waals surface area contributed by atoms with Crippen molar-refractivity contribution in [1.82, 2.24) is 9.88 Å². The number of thiazole rings is 1. The maximum absolute atomic E-state index is 12.8. The first kappa shape index (κ1) is 20.6. The number of thiophene rings is 1. The van der Waals surface area contributed by atoms with Crippen molar-refractivity contribution in [3.63, 3.8) is 0 Å². The van der Waals surface area contributed by atoms with Gasteiger partial charge in [0.1, 0.15) is 15.7 Å². The summed E-state index contributed by atoms with van der Waals surface area (Å²) in [4.78, 5) is 20.9. The number of ether oxygens (including phenoxy) is 1. The standard InChI is InChI=1S/C19H20N4O4S3/c1-27-15-6-4-14(5-7-15)22-8-10-23(11-9-22)18(24)16-13-29-19(20-16)21-30(25,26)17-3-2-12-28-17/h2-7,12-13H,8-11H2,1H3,(H,20,21). The van der Waals surface area contributed by atoms with Crippen LogP contribution in [0.5, 0.6) is 5.75 Å². The molecule has 8 nitrogen and oxygen atoms in total. The fourth-order valence-corrected chi connectivity index (χ4v) is 6.05. The van der Waals surface area contributed by atoms with E-state index in [4.69, 9.17) is 4.74 Å². The summed E-state index contributed by atoms with van der Waals surface area (Å²) < 4.78 is 32.5. The van der Waals surface area contributed by atoms with Gasteiger partial charge in [0.05, 0.1) is 7.11 Å². The van der Waals surface area contributed by atoms with Crippen LogP contribution < -0.4 is 14.4 Å². The quantitative estimate of drug-likeness (QED) is 0.603. The van der Waals surface area contributed by atoms with Crippen molar-refractivity contribution >= 4 is 49.4 Å². The molecule has 2 aromatic heterocycles. The molecule has 0 spiro atoms. The van der Waals surface area contributed by atoms with E-state index in [9.17, 15) is 13.2 Å². The van der Waals surface area contributed by atoms with Crippen molar-refractivity contribution in [2.45, 2.75) is 4.21 Å². The Morgan fingerprint density at radius 2 is 1.83 bits per heavy atom. The number of nitrogens with zero attached hydrogens (tertiary/aromatic N) is 3. The van der Waals surface area contributed by atoms with Crippen LogP contribution in [0, 0.1) is 0 Å². The molecule has 0 bridgehead atoms. The largest absolute Gasteiger partial charge is 0.497 e. The molecule has 0 unspecified atom stereocenters. The molecule has 3 heterocycles. The highest BCUT2D eigenvalue weighted by Crippen LogP contribution is 2.24. The van der Waals surface area contributed by atoms with E-state index in [1.807, 2.05) is 24.3 Å². The normalized spacial score (nSPS) is 14.6. The van der Waals surface area contributed by atoms with Crippen molar-refractivity contribution in [2.75, 3.05) is 42.9 Å². The summed E-state index contributed by atoms with van der Waals surface area (Å²) in [6.07, 6.45) is 0. The number of nitrogens with one attached hydrogen (secondary N) is 1. The zero-order chi connectivity index (χ0) is 21.1. The second-order valence-corrected chi connectivity index (χ2v) is 10.3. The van der Waals surface area contributed by atoms with Gasteiger partial charge in [0.25, 0.3) is 15.9 Å². The highest BCUT2D eigenvalue weighted by molar-refractivity contribution is 7.94. The van der Waals surface area contributed by atoms with E-state index >= 15 is 0 Å². The fourth-order valence-electron chi connectivity index (χ4n) is 3.12. The van der Waals surface area contributed by atoms with Gasteiger partial charge in [-0.15, -0.1) is 22.7 Å². The monoisotopic (exact) mass is 464 g/mol. The number of carbonyl (C=O) groups excluding carboxylic acids is 1. The maximum atomic E-state index is 12.8. The second kappa shape index (κ2) is 8.62. The molecule has 3 aromatic rings. The van der Waals surface area contributed by atoms with Crippen LogP contribution in [-0.2, 0) is 10.0 Å². The summed E-state index contributed by atoms with van der Waals surface area (Å²) in [5.74, 6) is 0.615. The summed E-state index contributed by atoms with van der Waals surface area (Å²) in [6, 6.07) is 11.0. The van der Waals surface area contributed by atoms with Crippen molar-refractivity contribution in [1.29, 1.82) is 0 Å². The van der Waals surface area contributed by atoms with E-state index < -0.39 is 10.0 Å². The third kappa shape index (κ3) is 4.42. The lowest BCUT2D eigenvalue weighted by Crippen LogP contribution is -2.48. The van der Waals surface area contributed by atoms with Gasteiger partial charge in [0.2, 0.25) is 0 Å². The molecule has 11 heteroatoms. The van der Waals surface area contributed by atoms with Crippen LogP contribution in [0.25, 0.3) is 0 Å². The summed E-state index contributed by atoms with van der Waals surface area (Å²) in [5.41, 5.74) is 1.34. The van der Waals surface area contributed by atoms with E-state index in [0.29, 0.717) is 26.2 Å². The number of hydrogen-bond acceptors (Lipinski definition) is 8. The Morgan fingerprint density at radius 3 is 2.47 bits per heavy atom. The Labute approximate surface area is 182 Å². The van der Waals surface area contributed by atoms with Gasteiger partial charge in [-0.05, 0) is 35.7 Å². The molecule has 4 rings (SSSR count). The van der Waals surface area contributed by atoms with Crippen molar-refractivity contribution in [3.05, 3.63) is 52.9 Å². The van der Waals surface area contributed by atoms with E-state index in [2.05, 4.69) is 14.6 Å². The topological polar surface area (TPSA) is 91.8 Å². The zero-order valence-corrected chi connectivity index (χ0v) is 18.6. The number of carbonyl (C=O) groups is 1. The van der Waals surface area contributed by atoms with Crippen LogP contribution in [-0.4, -0.2) is 57.5 Å². The van der Waals surface area contributed by atoms with Crippen molar-refractivity contribution in [3.8, 4) is 5.75 Å². The van der Waals surface area contributed by atoms with Gasteiger partial charge in [-0.3, -0.25) is 9.52 Å². The average Bonchev–Trinajstić information content (AvgIpc) is 3.46. The Kier molecular flexibility index (Phi) is 5.93. The molecule has 1 saturated heterocycles. The minimum Gasteiger partial charge on any atom is -0.497 e. The summed E-state index contributed by atoms with van der Waals surface area (Å²) in [6.45, 7) is 2.55. The van der Waals surface area contributed by atoms with Crippen molar-refractivity contribution in [2.24, 2.45) is 0 Å². The number of sulfonamides is 1. The third-order valence-corrected chi connectivity index (χ3v) is 8.33. The number of piperazine rings is 1. The molecule has 30 heavy (non-hydrogen) atoms. The number of methoxy groups -OCH3 is 1. The Hall–Kier alpha value is -2.63. The van der Waals surface area contributed by atoms with Gasteiger partial charge < -0.3 is 14.5 Å². The van der Waals surface area contributed by atoms with Crippen LogP contribution in [0.15, 0.2) is 51.4 Å². The maximum Gasteiger partial charge on any atom is 0.273 e. The summed E-state index contributed by atoms with van der Waals surface area (Å²) in [5, 5.41) is 3.46. The molecule has 1 fully saturated rings. The first-order valence-corrected chi connectivity index (χ1v) is 12.4. The molecule has 0 saturated carbocycles. The van der Waals surface area contributed by atoms with Gasteiger partial charge in [0.15, 0.2) is 5.13 Å². The first-order valence-electron chi connectivity index (χ1n) is 9.16. The molecule has 158 valence electrons. The first-order chi connectivity index (χ1) is 14.5. The van der Waals surface area contributed by atoms with Gasteiger partial charge >= 0.3 is 0 Å². The smallest absolute Gasteiger partial charge is 0.273 e. The van der Waals surface area contributed by atoms with E-state index in [1.54, 1.807) is 28.8 Å².